The van der Waals surface area contributed by atoms with E-state index < -0.39 is 11.8 Å². The third-order valence-electron chi connectivity index (χ3n) is 4.05. The van der Waals surface area contributed by atoms with E-state index in [-0.39, 0.29) is 10.7 Å². The monoisotopic (exact) mass is 390 g/mol. The van der Waals surface area contributed by atoms with E-state index in [4.69, 9.17) is 27.9 Å². The molecule has 0 atom stereocenters. The van der Waals surface area contributed by atoms with Crippen molar-refractivity contribution in [2.24, 2.45) is 0 Å². The van der Waals surface area contributed by atoms with Crippen LogP contribution in [0.5, 0.6) is 5.75 Å². The second kappa shape index (κ2) is 7.02. The van der Waals surface area contributed by atoms with Gasteiger partial charge in [0.25, 0.3) is 11.8 Å². The molecule has 0 radical (unpaired) electrons. The number of anilines is 2. The van der Waals surface area contributed by atoms with E-state index in [1.165, 1.54) is 7.11 Å². The van der Waals surface area contributed by atoms with Crippen molar-refractivity contribution in [1.29, 1.82) is 0 Å². The zero-order valence-corrected chi connectivity index (χ0v) is 15.9. The number of amides is 2. The SMILES string of the molecule is COc1ccc(NC2=C(Cl)C(=O)N(c3cc(C)ccc3C)C2=O)cc1Cl. The Morgan fingerprint density at radius 3 is 2.38 bits per heavy atom. The first kappa shape index (κ1) is 18.3. The van der Waals surface area contributed by atoms with E-state index in [0.717, 1.165) is 16.0 Å². The molecule has 0 fully saturated rings. The first-order valence-electron chi connectivity index (χ1n) is 7.80. The summed E-state index contributed by atoms with van der Waals surface area (Å²) in [6.45, 7) is 3.72. The maximum absolute atomic E-state index is 12.8. The van der Waals surface area contributed by atoms with Crippen molar-refractivity contribution in [3.8, 4) is 5.75 Å². The number of benzene rings is 2. The van der Waals surface area contributed by atoms with Crippen LogP contribution in [0.4, 0.5) is 11.4 Å². The van der Waals surface area contributed by atoms with Gasteiger partial charge in [0.2, 0.25) is 0 Å². The quantitative estimate of drug-likeness (QED) is 0.785. The second-order valence-corrected chi connectivity index (χ2v) is 6.68. The molecule has 2 aromatic carbocycles. The fourth-order valence-electron chi connectivity index (χ4n) is 2.68. The highest BCUT2D eigenvalue weighted by molar-refractivity contribution is 6.53. The van der Waals surface area contributed by atoms with Crippen LogP contribution in [0.25, 0.3) is 0 Å². The van der Waals surface area contributed by atoms with Crippen molar-refractivity contribution in [1.82, 2.24) is 0 Å². The van der Waals surface area contributed by atoms with Crippen molar-refractivity contribution in [2.75, 3.05) is 17.3 Å². The summed E-state index contributed by atoms with van der Waals surface area (Å²) in [5.74, 6) is -0.573. The van der Waals surface area contributed by atoms with E-state index in [9.17, 15) is 9.59 Å². The lowest BCUT2D eigenvalue weighted by molar-refractivity contribution is -0.120. The molecule has 7 heteroatoms. The van der Waals surface area contributed by atoms with Crippen LogP contribution in [0, 0.1) is 13.8 Å². The molecule has 1 N–H and O–H groups in total. The van der Waals surface area contributed by atoms with E-state index in [0.29, 0.717) is 22.1 Å². The first-order valence-corrected chi connectivity index (χ1v) is 8.55. The predicted octanol–water partition coefficient (Wildman–Crippen LogP) is 4.40. The molecular weight excluding hydrogens is 375 g/mol. The molecule has 1 aliphatic rings. The summed E-state index contributed by atoms with van der Waals surface area (Å²) >= 11 is 12.3. The van der Waals surface area contributed by atoms with Crippen LogP contribution < -0.4 is 15.0 Å². The fraction of sp³-hybridized carbons (Fsp3) is 0.158. The van der Waals surface area contributed by atoms with Gasteiger partial charge in [0.1, 0.15) is 16.5 Å². The van der Waals surface area contributed by atoms with Crippen molar-refractivity contribution < 1.29 is 14.3 Å². The predicted molar refractivity (Wildman–Crippen MR) is 103 cm³/mol. The van der Waals surface area contributed by atoms with Gasteiger partial charge in [-0.25, -0.2) is 4.90 Å². The molecule has 26 heavy (non-hydrogen) atoms. The summed E-state index contributed by atoms with van der Waals surface area (Å²) in [5, 5.41) is 3.10. The number of imide groups is 1. The minimum atomic E-state index is -0.563. The Morgan fingerprint density at radius 2 is 1.73 bits per heavy atom. The number of carbonyl (C=O) groups is 2. The van der Waals surface area contributed by atoms with Gasteiger partial charge >= 0.3 is 0 Å². The van der Waals surface area contributed by atoms with E-state index in [1.807, 2.05) is 26.0 Å². The molecule has 2 amide bonds. The average molecular weight is 391 g/mol. The molecule has 3 rings (SSSR count). The smallest absolute Gasteiger partial charge is 0.283 e. The normalized spacial score (nSPS) is 14.3. The van der Waals surface area contributed by atoms with Crippen LogP contribution >= 0.6 is 23.2 Å². The highest BCUT2D eigenvalue weighted by Gasteiger charge is 2.39. The number of carbonyl (C=O) groups excluding carboxylic acids is 2. The maximum Gasteiger partial charge on any atom is 0.283 e. The Hall–Kier alpha value is -2.50. The Labute approximate surface area is 161 Å². The Morgan fingerprint density at radius 1 is 1.00 bits per heavy atom. The first-order chi connectivity index (χ1) is 12.3. The lowest BCUT2D eigenvalue weighted by atomic mass is 10.1. The minimum Gasteiger partial charge on any atom is -0.495 e. The van der Waals surface area contributed by atoms with Gasteiger partial charge in [-0.1, -0.05) is 35.3 Å². The van der Waals surface area contributed by atoms with Gasteiger partial charge in [-0.05, 0) is 49.2 Å². The number of methoxy groups -OCH3 is 1. The molecule has 134 valence electrons. The molecule has 5 nitrogen and oxygen atoms in total. The molecule has 2 aromatic rings. The fourth-order valence-corrected chi connectivity index (χ4v) is 3.15. The average Bonchev–Trinajstić information content (AvgIpc) is 2.81. The van der Waals surface area contributed by atoms with Crippen LogP contribution in [0.3, 0.4) is 0 Å². The van der Waals surface area contributed by atoms with Crippen molar-refractivity contribution in [3.63, 3.8) is 0 Å². The number of hydrogen-bond donors (Lipinski definition) is 1. The molecule has 1 aliphatic heterocycles. The van der Waals surface area contributed by atoms with E-state index in [2.05, 4.69) is 5.32 Å². The standard InChI is InChI=1S/C19H16Cl2N2O3/c1-10-4-5-11(2)14(8-10)23-18(24)16(21)17(19(23)25)22-12-6-7-15(26-3)13(20)9-12/h4-9,22H,1-3H3. The van der Waals surface area contributed by atoms with E-state index >= 15 is 0 Å². The topological polar surface area (TPSA) is 58.6 Å². The molecule has 0 bridgehead atoms. The number of halogens is 2. The van der Waals surface area contributed by atoms with Crippen LogP contribution in [0.2, 0.25) is 5.02 Å². The van der Waals surface area contributed by atoms with Gasteiger partial charge < -0.3 is 10.1 Å². The number of nitrogens with one attached hydrogen (secondary N) is 1. The van der Waals surface area contributed by atoms with Gasteiger partial charge in [-0.2, -0.15) is 0 Å². The summed E-state index contributed by atoms with van der Waals surface area (Å²) in [6.07, 6.45) is 0. The van der Waals surface area contributed by atoms with Gasteiger partial charge in [0, 0.05) is 5.69 Å². The summed E-state index contributed by atoms with van der Waals surface area (Å²) in [5.41, 5.74) is 2.79. The number of nitrogens with zero attached hydrogens (tertiary/aromatic N) is 1. The van der Waals surface area contributed by atoms with Crippen LogP contribution in [0.1, 0.15) is 11.1 Å². The van der Waals surface area contributed by atoms with Gasteiger partial charge in [0.05, 0.1) is 17.8 Å². The van der Waals surface area contributed by atoms with Crippen molar-refractivity contribution in [3.05, 3.63) is 63.3 Å². The van der Waals surface area contributed by atoms with Gasteiger partial charge in [-0.15, -0.1) is 0 Å². The molecule has 0 aromatic heterocycles. The Balaban J connectivity index is 1.94. The van der Waals surface area contributed by atoms with Crippen molar-refractivity contribution >= 4 is 46.4 Å². The lowest BCUT2D eigenvalue weighted by Crippen LogP contribution is -2.32. The van der Waals surface area contributed by atoms with Gasteiger partial charge in [-0.3, -0.25) is 9.59 Å². The van der Waals surface area contributed by atoms with Crippen LogP contribution in [0.15, 0.2) is 47.1 Å². The molecule has 0 unspecified atom stereocenters. The number of ether oxygens (including phenoxy) is 1. The molecule has 0 saturated carbocycles. The number of aryl methyl sites for hydroxylation is 2. The molecular formula is C19H16Cl2N2O3. The van der Waals surface area contributed by atoms with Crippen LogP contribution in [-0.2, 0) is 9.59 Å². The summed E-state index contributed by atoms with van der Waals surface area (Å²) in [6, 6.07) is 10.5. The molecule has 0 spiro atoms. The minimum absolute atomic E-state index is 0.0128. The van der Waals surface area contributed by atoms with Crippen LogP contribution in [-0.4, -0.2) is 18.9 Å². The van der Waals surface area contributed by atoms with E-state index in [1.54, 1.807) is 24.3 Å². The zero-order valence-electron chi connectivity index (χ0n) is 14.4. The Kier molecular flexibility index (Phi) is 4.94. The second-order valence-electron chi connectivity index (χ2n) is 5.90. The number of hydrogen-bond acceptors (Lipinski definition) is 4. The third-order valence-corrected chi connectivity index (χ3v) is 4.70. The maximum atomic E-state index is 12.8. The highest BCUT2D eigenvalue weighted by atomic mass is 35.5. The summed E-state index contributed by atoms with van der Waals surface area (Å²) in [7, 11) is 1.51. The molecule has 1 heterocycles. The highest BCUT2D eigenvalue weighted by Crippen LogP contribution is 2.34. The van der Waals surface area contributed by atoms with Crippen molar-refractivity contribution in [2.45, 2.75) is 13.8 Å². The summed E-state index contributed by atoms with van der Waals surface area (Å²) < 4.78 is 5.10. The summed E-state index contributed by atoms with van der Waals surface area (Å²) in [4.78, 5) is 26.5. The molecule has 0 saturated heterocycles. The molecule has 0 aliphatic carbocycles. The largest absolute Gasteiger partial charge is 0.495 e. The lowest BCUT2D eigenvalue weighted by Gasteiger charge is -2.18. The number of rotatable bonds is 4. The Bertz CT molecular complexity index is 954. The zero-order chi connectivity index (χ0) is 19.0. The third kappa shape index (κ3) is 3.16. The van der Waals surface area contributed by atoms with Gasteiger partial charge in [0.15, 0.2) is 0 Å².